The van der Waals surface area contributed by atoms with Crippen molar-refractivity contribution in [3.63, 3.8) is 0 Å². The Balaban J connectivity index is 5.34. The SMILES string of the molecule is CCO[Si](OCC)(OCC)C(CC)C(CO)CC(N)=O. The van der Waals surface area contributed by atoms with Crippen molar-refractivity contribution in [3.8, 4) is 0 Å². The van der Waals surface area contributed by atoms with E-state index in [9.17, 15) is 9.90 Å². The van der Waals surface area contributed by atoms with Gasteiger partial charge in [0, 0.05) is 38.4 Å². The quantitative estimate of drug-likeness (QED) is 0.530. The van der Waals surface area contributed by atoms with E-state index < -0.39 is 14.7 Å². The van der Waals surface area contributed by atoms with Crippen LogP contribution in [-0.2, 0) is 18.1 Å². The Morgan fingerprint density at radius 1 is 1.10 bits per heavy atom. The second-order valence-electron chi connectivity index (χ2n) is 4.53. The van der Waals surface area contributed by atoms with Gasteiger partial charge >= 0.3 is 8.80 Å². The maximum Gasteiger partial charge on any atom is 0.504 e. The smallest absolute Gasteiger partial charge is 0.396 e. The van der Waals surface area contributed by atoms with Crippen LogP contribution in [0.1, 0.15) is 40.5 Å². The molecule has 0 radical (unpaired) electrons. The summed E-state index contributed by atoms with van der Waals surface area (Å²) in [7, 11) is -2.94. The fourth-order valence-electron chi connectivity index (χ4n) is 2.51. The first-order valence-corrected chi connectivity index (χ1v) is 9.12. The van der Waals surface area contributed by atoms with Crippen molar-refractivity contribution < 1.29 is 23.2 Å². The summed E-state index contributed by atoms with van der Waals surface area (Å²) < 4.78 is 17.6. The summed E-state index contributed by atoms with van der Waals surface area (Å²) in [5.41, 5.74) is 5.13. The minimum atomic E-state index is -2.94. The van der Waals surface area contributed by atoms with Gasteiger partial charge < -0.3 is 24.1 Å². The predicted octanol–water partition coefficient (Wildman–Crippen LogP) is 1.30. The highest BCUT2D eigenvalue weighted by Gasteiger charge is 2.51. The summed E-state index contributed by atoms with van der Waals surface area (Å²) in [4.78, 5) is 11.2. The lowest BCUT2D eigenvalue weighted by Crippen LogP contribution is -2.53. The Hall–Kier alpha value is -0.473. The fraction of sp³-hybridized carbons (Fsp3) is 0.923. The molecule has 2 unspecified atom stereocenters. The number of primary amides is 1. The van der Waals surface area contributed by atoms with Crippen molar-refractivity contribution in [1.82, 2.24) is 0 Å². The first kappa shape index (κ1) is 19.5. The van der Waals surface area contributed by atoms with Crippen LogP contribution in [0.5, 0.6) is 0 Å². The third-order valence-corrected chi connectivity index (χ3v) is 7.06. The zero-order valence-electron chi connectivity index (χ0n) is 13.1. The molecule has 0 saturated heterocycles. The summed E-state index contributed by atoms with van der Waals surface area (Å²) in [6, 6.07) is 0. The zero-order valence-corrected chi connectivity index (χ0v) is 14.1. The van der Waals surface area contributed by atoms with Gasteiger partial charge in [-0.05, 0) is 33.1 Å². The normalized spacial score (nSPS) is 15.1. The third kappa shape index (κ3) is 5.49. The average molecular weight is 307 g/mol. The van der Waals surface area contributed by atoms with Gasteiger partial charge in [-0.15, -0.1) is 0 Å². The molecule has 0 aromatic carbocycles. The maximum atomic E-state index is 11.2. The molecule has 0 heterocycles. The Morgan fingerprint density at radius 3 is 1.80 bits per heavy atom. The molecule has 2 atom stereocenters. The first-order chi connectivity index (χ1) is 9.51. The molecule has 0 aliphatic heterocycles. The van der Waals surface area contributed by atoms with Gasteiger partial charge in [0.25, 0.3) is 0 Å². The van der Waals surface area contributed by atoms with E-state index in [1.54, 1.807) is 0 Å². The number of amides is 1. The van der Waals surface area contributed by atoms with E-state index in [1.807, 2.05) is 27.7 Å². The Morgan fingerprint density at radius 2 is 1.55 bits per heavy atom. The van der Waals surface area contributed by atoms with Gasteiger partial charge in [-0.1, -0.05) is 6.92 Å². The van der Waals surface area contributed by atoms with Crippen LogP contribution < -0.4 is 5.73 Å². The van der Waals surface area contributed by atoms with E-state index in [0.29, 0.717) is 26.2 Å². The summed E-state index contributed by atoms with van der Waals surface area (Å²) in [6.07, 6.45) is 0.807. The van der Waals surface area contributed by atoms with E-state index in [2.05, 4.69) is 0 Å². The van der Waals surface area contributed by atoms with Crippen LogP contribution >= 0.6 is 0 Å². The highest BCUT2D eigenvalue weighted by Crippen LogP contribution is 2.37. The predicted molar refractivity (Wildman–Crippen MR) is 79.1 cm³/mol. The van der Waals surface area contributed by atoms with E-state index in [4.69, 9.17) is 19.0 Å². The summed E-state index contributed by atoms with van der Waals surface area (Å²) in [5, 5.41) is 9.59. The molecule has 0 bridgehead atoms. The number of rotatable bonds is 12. The molecule has 0 rings (SSSR count). The number of nitrogens with two attached hydrogens (primary N) is 1. The second kappa shape index (κ2) is 10.3. The maximum absolute atomic E-state index is 11.2. The number of carbonyl (C=O) groups excluding carboxylic acids is 1. The highest BCUT2D eigenvalue weighted by atomic mass is 28.4. The van der Waals surface area contributed by atoms with Crippen LogP contribution in [-0.4, -0.2) is 46.2 Å². The minimum absolute atomic E-state index is 0.108. The number of aliphatic hydroxyl groups is 1. The molecule has 7 heteroatoms. The molecule has 0 aliphatic carbocycles. The van der Waals surface area contributed by atoms with Gasteiger partial charge in [0.05, 0.1) is 0 Å². The minimum Gasteiger partial charge on any atom is -0.396 e. The number of aliphatic hydroxyl groups excluding tert-OH is 1. The van der Waals surface area contributed by atoms with Crippen molar-refractivity contribution in [1.29, 1.82) is 0 Å². The van der Waals surface area contributed by atoms with Gasteiger partial charge in [0.2, 0.25) is 5.91 Å². The molecule has 6 nitrogen and oxygen atoms in total. The van der Waals surface area contributed by atoms with Gasteiger partial charge in [-0.25, -0.2) is 0 Å². The standard InChI is InChI=1S/C13H29NO5Si/c1-5-12(11(10-15)9-13(14)16)20(17-6-2,18-7-3)19-8-4/h11-12,15H,5-10H2,1-4H3,(H2,14,16). The topological polar surface area (TPSA) is 91.0 Å². The molecular weight excluding hydrogens is 278 g/mol. The largest absolute Gasteiger partial charge is 0.504 e. The molecule has 0 saturated carbocycles. The lowest BCUT2D eigenvalue weighted by atomic mass is 10.00. The highest BCUT2D eigenvalue weighted by molar-refractivity contribution is 6.62. The van der Waals surface area contributed by atoms with Crippen LogP contribution in [0, 0.1) is 5.92 Å². The summed E-state index contributed by atoms with van der Waals surface area (Å²) >= 11 is 0. The van der Waals surface area contributed by atoms with Crippen molar-refractivity contribution in [2.75, 3.05) is 26.4 Å². The van der Waals surface area contributed by atoms with Crippen LogP contribution in [0.25, 0.3) is 0 Å². The summed E-state index contributed by atoms with van der Waals surface area (Å²) in [6.45, 7) is 8.90. The van der Waals surface area contributed by atoms with Crippen LogP contribution in [0.3, 0.4) is 0 Å². The summed E-state index contributed by atoms with van der Waals surface area (Å²) in [5.74, 6) is -0.733. The first-order valence-electron chi connectivity index (χ1n) is 7.32. The van der Waals surface area contributed by atoms with Crippen molar-refractivity contribution in [2.24, 2.45) is 11.7 Å². The molecule has 120 valence electrons. The Kier molecular flexibility index (Phi) is 10.0. The van der Waals surface area contributed by atoms with E-state index >= 15 is 0 Å². The monoisotopic (exact) mass is 307 g/mol. The third-order valence-electron chi connectivity index (χ3n) is 3.20. The van der Waals surface area contributed by atoms with Crippen LogP contribution in [0.2, 0.25) is 5.54 Å². The van der Waals surface area contributed by atoms with Crippen LogP contribution in [0.15, 0.2) is 0 Å². The van der Waals surface area contributed by atoms with Gasteiger partial charge in [-0.3, -0.25) is 4.79 Å². The molecule has 0 aromatic rings. The average Bonchev–Trinajstić information content (AvgIpc) is 2.38. The van der Waals surface area contributed by atoms with Gasteiger partial charge in [-0.2, -0.15) is 0 Å². The number of hydrogen-bond donors (Lipinski definition) is 2. The molecule has 0 aromatic heterocycles. The van der Waals surface area contributed by atoms with E-state index in [1.165, 1.54) is 0 Å². The number of carbonyl (C=O) groups is 1. The Bertz CT molecular complexity index is 260. The van der Waals surface area contributed by atoms with Crippen LogP contribution in [0.4, 0.5) is 0 Å². The van der Waals surface area contributed by atoms with Gasteiger partial charge in [0.1, 0.15) is 0 Å². The van der Waals surface area contributed by atoms with Crippen molar-refractivity contribution >= 4 is 14.7 Å². The van der Waals surface area contributed by atoms with E-state index in [0.717, 1.165) is 0 Å². The van der Waals surface area contributed by atoms with E-state index in [-0.39, 0.29) is 24.5 Å². The molecule has 0 aliphatic rings. The van der Waals surface area contributed by atoms with Crippen molar-refractivity contribution in [3.05, 3.63) is 0 Å². The Labute approximate surface area is 123 Å². The molecule has 3 N–H and O–H groups in total. The molecule has 0 spiro atoms. The van der Waals surface area contributed by atoms with Gasteiger partial charge in [0.15, 0.2) is 0 Å². The molecular formula is C13H29NO5Si. The van der Waals surface area contributed by atoms with Crippen molar-refractivity contribution in [2.45, 2.75) is 46.1 Å². The zero-order chi connectivity index (χ0) is 15.6. The molecule has 0 fully saturated rings. The fourth-order valence-corrected chi connectivity index (χ4v) is 5.91. The lowest BCUT2D eigenvalue weighted by molar-refractivity contribution is -0.119. The molecule has 1 amide bonds. The molecule has 20 heavy (non-hydrogen) atoms. The number of hydrogen-bond acceptors (Lipinski definition) is 5. The second-order valence-corrected chi connectivity index (χ2v) is 7.35. The lowest BCUT2D eigenvalue weighted by Gasteiger charge is -2.38.